The third kappa shape index (κ3) is 5.73. The van der Waals surface area contributed by atoms with Gasteiger partial charge in [-0.2, -0.15) is 0 Å². The Morgan fingerprint density at radius 3 is 2.03 bits per heavy atom. The molecule has 0 unspecified atom stereocenters. The number of carbonyl (C=O) groups is 2. The molecule has 0 atom stereocenters. The molecule has 1 N–H and O–H groups in total. The van der Waals surface area contributed by atoms with E-state index in [0.29, 0.717) is 17.7 Å². The molecule has 0 aliphatic carbocycles. The van der Waals surface area contributed by atoms with Gasteiger partial charge in [-0.1, -0.05) is 60.7 Å². The van der Waals surface area contributed by atoms with Crippen molar-refractivity contribution in [2.45, 2.75) is 6.54 Å². The van der Waals surface area contributed by atoms with E-state index in [0.717, 1.165) is 22.4 Å². The Labute approximate surface area is 181 Å². The first-order chi connectivity index (χ1) is 15.2. The minimum atomic E-state index is -0.235. The molecule has 0 amide bonds. The van der Waals surface area contributed by atoms with Crippen LogP contribution in [0.5, 0.6) is 0 Å². The standard InChI is InChI=1S/C26H20FNO.CH2O/c27-24-13-9-20(10-14-24)23-8-4-5-19(17-23)18-28-25-15-11-22(12-16-25)26(29)21-6-2-1-3-7-21;1-2/h1-17,28H,18H2;1H2. The molecule has 0 radical (unpaired) electrons. The Bertz CT molecular complexity index is 1120. The zero-order chi connectivity index (χ0) is 22.1. The van der Waals surface area contributed by atoms with Crippen LogP contribution in [0.15, 0.2) is 103 Å². The van der Waals surface area contributed by atoms with E-state index in [1.807, 2.05) is 79.6 Å². The summed E-state index contributed by atoms with van der Waals surface area (Å²) in [6.45, 7) is 2.65. The smallest absolute Gasteiger partial charge is 0.193 e. The summed E-state index contributed by atoms with van der Waals surface area (Å²) >= 11 is 0. The van der Waals surface area contributed by atoms with Crippen LogP contribution in [0.1, 0.15) is 21.5 Å². The molecule has 4 aromatic rings. The summed E-state index contributed by atoms with van der Waals surface area (Å²) in [7, 11) is 0. The Morgan fingerprint density at radius 1 is 0.710 bits per heavy atom. The van der Waals surface area contributed by atoms with E-state index in [9.17, 15) is 9.18 Å². The Hall–Kier alpha value is -4.05. The number of hydrogen-bond acceptors (Lipinski definition) is 3. The van der Waals surface area contributed by atoms with Crippen molar-refractivity contribution in [3.8, 4) is 11.1 Å². The molecule has 0 saturated heterocycles. The maximum atomic E-state index is 13.1. The predicted molar refractivity (Wildman–Crippen MR) is 123 cm³/mol. The molecule has 0 heterocycles. The molecule has 154 valence electrons. The summed E-state index contributed by atoms with van der Waals surface area (Å²) in [6, 6.07) is 31.4. The number of rotatable bonds is 6. The minimum Gasteiger partial charge on any atom is -0.381 e. The fourth-order valence-electron chi connectivity index (χ4n) is 3.20. The highest BCUT2D eigenvalue weighted by atomic mass is 19.1. The lowest BCUT2D eigenvalue weighted by Crippen LogP contribution is -2.02. The van der Waals surface area contributed by atoms with Crippen molar-refractivity contribution in [3.05, 3.63) is 126 Å². The van der Waals surface area contributed by atoms with Gasteiger partial charge in [0.25, 0.3) is 0 Å². The van der Waals surface area contributed by atoms with Gasteiger partial charge >= 0.3 is 0 Å². The predicted octanol–water partition coefficient (Wildman–Crippen LogP) is 6.15. The van der Waals surface area contributed by atoms with E-state index >= 15 is 0 Å². The summed E-state index contributed by atoms with van der Waals surface area (Å²) in [5, 5.41) is 3.38. The number of carbonyl (C=O) groups excluding carboxylic acids is 2. The lowest BCUT2D eigenvalue weighted by Gasteiger charge is -2.09. The Morgan fingerprint density at radius 2 is 1.35 bits per heavy atom. The molecular formula is C27H22FNO2. The largest absolute Gasteiger partial charge is 0.381 e. The van der Waals surface area contributed by atoms with Gasteiger partial charge in [-0.25, -0.2) is 4.39 Å². The highest BCUT2D eigenvalue weighted by Gasteiger charge is 2.08. The van der Waals surface area contributed by atoms with Crippen LogP contribution in [-0.2, 0) is 11.3 Å². The second kappa shape index (κ2) is 10.6. The number of nitrogens with one attached hydrogen (secondary N) is 1. The summed E-state index contributed by atoms with van der Waals surface area (Å²) in [5.74, 6) is -0.218. The third-order valence-electron chi connectivity index (χ3n) is 4.78. The lowest BCUT2D eigenvalue weighted by atomic mass is 10.0. The quantitative estimate of drug-likeness (QED) is 0.387. The van der Waals surface area contributed by atoms with E-state index in [1.54, 1.807) is 12.1 Å². The molecular weight excluding hydrogens is 389 g/mol. The second-order valence-corrected chi connectivity index (χ2v) is 6.83. The first-order valence-electron chi connectivity index (χ1n) is 9.76. The summed E-state index contributed by atoms with van der Waals surface area (Å²) in [6.07, 6.45) is 0. The monoisotopic (exact) mass is 411 g/mol. The molecule has 0 spiro atoms. The van der Waals surface area contributed by atoms with Gasteiger partial charge in [0.1, 0.15) is 12.6 Å². The maximum Gasteiger partial charge on any atom is 0.193 e. The third-order valence-corrected chi connectivity index (χ3v) is 4.78. The van der Waals surface area contributed by atoms with Gasteiger partial charge in [-0.15, -0.1) is 0 Å². The summed E-state index contributed by atoms with van der Waals surface area (Å²) in [5.41, 5.74) is 5.45. The molecule has 0 bridgehead atoms. The zero-order valence-corrected chi connectivity index (χ0v) is 16.9. The van der Waals surface area contributed by atoms with Crippen molar-refractivity contribution >= 4 is 18.3 Å². The van der Waals surface area contributed by atoms with E-state index in [4.69, 9.17) is 4.79 Å². The molecule has 0 aliphatic rings. The normalized spacial score (nSPS) is 9.97. The lowest BCUT2D eigenvalue weighted by molar-refractivity contribution is -0.0980. The van der Waals surface area contributed by atoms with Crippen molar-refractivity contribution in [2.75, 3.05) is 5.32 Å². The van der Waals surface area contributed by atoms with Crippen LogP contribution in [0.4, 0.5) is 10.1 Å². The van der Waals surface area contributed by atoms with Gasteiger partial charge in [0.15, 0.2) is 5.78 Å². The molecule has 4 rings (SSSR count). The van der Waals surface area contributed by atoms with Gasteiger partial charge < -0.3 is 10.1 Å². The number of anilines is 1. The van der Waals surface area contributed by atoms with E-state index in [-0.39, 0.29) is 11.6 Å². The van der Waals surface area contributed by atoms with Crippen LogP contribution in [0.25, 0.3) is 11.1 Å². The van der Waals surface area contributed by atoms with Crippen molar-refractivity contribution in [1.29, 1.82) is 0 Å². The number of benzene rings is 4. The average molecular weight is 411 g/mol. The Balaban J connectivity index is 0.00000132. The highest BCUT2D eigenvalue weighted by Crippen LogP contribution is 2.21. The fourth-order valence-corrected chi connectivity index (χ4v) is 3.20. The molecule has 4 aromatic carbocycles. The van der Waals surface area contributed by atoms with Crippen LogP contribution in [0, 0.1) is 5.82 Å². The topological polar surface area (TPSA) is 46.2 Å². The van der Waals surface area contributed by atoms with E-state index in [1.165, 1.54) is 12.1 Å². The molecule has 0 fully saturated rings. The van der Waals surface area contributed by atoms with Crippen LogP contribution < -0.4 is 5.32 Å². The molecule has 3 nitrogen and oxygen atoms in total. The fraction of sp³-hybridized carbons (Fsp3) is 0.0370. The zero-order valence-electron chi connectivity index (χ0n) is 16.9. The van der Waals surface area contributed by atoms with Gasteiger partial charge in [0.05, 0.1) is 0 Å². The van der Waals surface area contributed by atoms with Crippen LogP contribution in [0.3, 0.4) is 0 Å². The van der Waals surface area contributed by atoms with Gasteiger partial charge in [-0.3, -0.25) is 4.79 Å². The van der Waals surface area contributed by atoms with E-state index < -0.39 is 0 Å². The summed E-state index contributed by atoms with van der Waals surface area (Å²) < 4.78 is 13.1. The molecule has 4 heteroatoms. The van der Waals surface area contributed by atoms with Crippen molar-refractivity contribution < 1.29 is 14.0 Å². The number of hydrogen-bond donors (Lipinski definition) is 1. The SMILES string of the molecule is C=O.O=C(c1ccccc1)c1ccc(NCc2cccc(-c3ccc(F)cc3)c2)cc1. The summed E-state index contributed by atoms with van der Waals surface area (Å²) in [4.78, 5) is 20.5. The number of ketones is 1. The molecule has 0 aliphatic heterocycles. The Kier molecular flexibility index (Phi) is 7.44. The molecule has 0 saturated carbocycles. The average Bonchev–Trinajstić information content (AvgIpc) is 2.85. The van der Waals surface area contributed by atoms with Gasteiger partial charge in [0.2, 0.25) is 0 Å². The second-order valence-electron chi connectivity index (χ2n) is 6.83. The minimum absolute atomic E-state index is 0.0177. The van der Waals surface area contributed by atoms with Gasteiger partial charge in [0, 0.05) is 23.4 Å². The maximum absolute atomic E-state index is 13.1. The van der Waals surface area contributed by atoms with Crippen LogP contribution >= 0.6 is 0 Å². The van der Waals surface area contributed by atoms with Crippen molar-refractivity contribution in [2.24, 2.45) is 0 Å². The molecule has 31 heavy (non-hydrogen) atoms. The van der Waals surface area contributed by atoms with Gasteiger partial charge in [-0.05, 0) is 59.2 Å². The van der Waals surface area contributed by atoms with Crippen LogP contribution in [-0.4, -0.2) is 12.6 Å². The first-order valence-corrected chi connectivity index (χ1v) is 9.76. The number of halogens is 1. The van der Waals surface area contributed by atoms with Crippen molar-refractivity contribution in [3.63, 3.8) is 0 Å². The van der Waals surface area contributed by atoms with Crippen LogP contribution in [0.2, 0.25) is 0 Å². The highest BCUT2D eigenvalue weighted by molar-refractivity contribution is 6.09. The first kappa shape index (κ1) is 21.7. The van der Waals surface area contributed by atoms with Crippen molar-refractivity contribution in [1.82, 2.24) is 0 Å². The van der Waals surface area contributed by atoms with E-state index in [2.05, 4.69) is 11.4 Å². The molecule has 0 aromatic heterocycles.